The van der Waals surface area contributed by atoms with Crippen molar-refractivity contribution in [3.05, 3.63) is 96.0 Å². The van der Waals surface area contributed by atoms with E-state index >= 15 is 0 Å². The molecule has 0 spiro atoms. The number of benzene rings is 2. The molecule has 2 heterocycles. The predicted octanol–water partition coefficient (Wildman–Crippen LogP) is 4.10. The van der Waals surface area contributed by atoms with Gasteiger partial charge in [0.15, 0.2) is 11.5 Å². The zero-order valence-corrected chi connectivity index (χ0v) is 19.2. The molecule has 7 heteroatoms. The third-order valence-corrected chi connectivity index (χ3v) is 5.53. The van der Waals surface area contributed by atoms with Crippen molar-refractivity contribution in [2.45, 2.75) is 26.4 Å². The fourth-order valence-electron chi connectivity index (χ4n) is 3.81. The van der Waals surface area contributed by atoms with Crippen LogP contribution in [0.15, 0.2) is 77.7 Å². The lowest BCUT2D eigenvalue weighted by molar-refractivity contribution is -0.140. The first kappa shape index (κ1) is 23.2. The van der Waals surface area contributed by atoms with E-state index in [9.17, 15) is 9.59 Å². The van der Waals surface area contributed by atoms with Crippen LogP contribution in [0, 0.1) is 6.92 Å². The van der Waals surface area contributed by atoms with Crippen LogP contribution in [0.5, 0.6) is 11.5 Å². The maximum Gasteiger partial charge on any atom is 0.242 e. The summed E-state index contributed by atoms with van der Waals surface area (Å²) in [4.78, 5) is 29.6. The van der Waals surface area contributed by atoms with Gasteiger partial charge in [-0.05, 0) is 42.3 Å². The Labute approximate surface area is 199 Å². The summed E-state index contributed by atoms with van der Waals surface area (Å²) in [6.45, 7) is 6.66. The largest absolute Gasteiger partial charge is 0.464 e. The van der Waals surface area contributed by atoms with Crippen molar-refractivity contribution in [3.8, 4) is 11.5 Å². The predicted molar refractivity (Wildman–Crippen MR) is 127 cm³/mol. The molecule has 4 rings (SSSR count). The molecule has 2 amide bonds. The average Bonchev–Trinajstić information content (AvgIpc) is 3.47. The van der Waals surface area contributed by atoms with Crippen LogP contribution in [0.25, 0.3) is 0 Å². The van der Waals surface area contributed by atoms with Crippen molar-refractivity contribution in [2.24, 2.45) is 0 Å². The molecule has 34 heavy (non-hydrogen) atoms. The molecule has 2 aromatic carbocycles. The molecular formula is C27H28N2O5. The SMILES string of the molecule is C=CCN(CC(=O)N(Cc1ccc2c(c1)OCO2)Cc1ccc(C)o1)C(=O)Cc1ccccc1. The Bertz CT molecular complexity index is 1150. The Balaban J connectivity index is 1.50. The summed E-state index contributed by atoms with van der Waals surface area (Å²) in [6, 6.07) is 18.8. The zero-order chi connectivity index (χ0) is 23.9. The maximum absolute atomic E-state index is 13.4. The van der Waals surface area contributed by atoms with E-state index in [1.165, 1.54) is 4.90 Å². The number of nitrogens with zero attached hydrogens (tertiary/aromatic N) is 2. The second-order valence-corrected chi connectivity index (χ2v) is 8.18. The molecule has 0 saturated carbocycles. The molecule has 0 atom stereocenters. The molecule has 1 aliphatic heterocycles. The lowest BCUT2D eigenvalue weighted by atomic mass is 10.1. The lowest BCUT2D eigenvalue weighted by Crippen LogP contribution is -2.43. The Morgan fingerprint density at radius 1 is 0.912 bits per heavy atom. The van der Waals surface area contributed by atoms with E-state index in [0.29, 0.717) is 23.8 Å². The monoisotopic (exact) mass is 460 g/mol. The van der Waals surface area contributed by atoms with Gasteiger partial charge in [-0.2, -0.15) is 0 Å². The van der Waals surface area contributed by atoms with Gasteiger partial charge in [0.1, 0.15) is 18.1 Å². The molecule has 7 nitrogen and oxygen atoms in total. The van der Waals surface area contributed by atoms with Crippen LogP contribution < -0.4 is 9.47 Å². The van der Waals surface area contributed by atoms with Gasteiger partial charge in [-0.1, -0.05) is 42.5 Å². The molecule has 0 radical (unpaired) electrons. The topological polar surface area (TPSA) is 72.2 Å². The van der Waals surface area contributed by atoms with E-state index < -0.39 is 0 Å². The summed E-state index contributed by atoms with van der Waals surface area (Å²) in [5, 5.41) is 0. The van der Waals surface area contributed by atoms with E-state index in [0.717, 1.165) is 16.9 Å². The fraction of sp³-hybridized carbons (Fsp3) is 0.259. The first-order chi connectivity index (χ1) is 16.5. The molecule has 0 bridgehead atoms. The number of rotatable bonds is 10. The summed E-state index contributed by atoms with van der Waals surface area (Å²) in [5.41, 5.74) is 1.80. The van der Waals surface area contributed by atoms with Gasteiger partial charge in [-0.3, -0.25) is 9.59 Å². The van der Waals surface area contributed by atoms with E-state index in [1.54, 1.807) is 11.0 Å². The van der Waals surface area contributed by atoms with Crippen molar-refractivity contribution >= 4 is 11.8 Å². The Kier molecular flexibility index (Phi) is 7.32. The second kappa shape index (κ2) is 10.7. The third-order valence-electron chi connectivity index (χ3n) is 5.53. The fourth-order valence-corrected chi connectivity index (χ4v) is 3.81. The van der Waals surface area contributed by atoms with Crippen LogP contribution >= 0.6 is 0 Å². The van der Waals surface area contributed by atoms with Crippen molar-refractivity contribution in [1.29, 1.82) is 0 Å². The highest BCUT2D eigenvalue weighted by atomic mass is 16.7. The molecule has 0 saturated heterocycles. The van der Waals surface area contributed by atoms with Gasteiger partial charge in [0.2, 0.25) is 18.6 Å². The van der Waals surface area contributed by atoms with Crippen LogP contribution in [-0.4, -0.2) is 41.5 Å². The smallest absolute Gasteiger partial charge is 0.242 e. The Morgan fingerprint density at radius 3 is 2.44 bits per heavy atom. The number of hydrogen-bond donors (Lipinski definition) is 0. The van der Waals surface area contributed by atoms with Gasteiger partial charge < -0.3 is 23.7 Å². The Morgan fingerprint density at radius 2 is 1.71 bits per heavy atom. The number of furan rings is 1. The average molecular weight is 461 g/mol. The van der Waals surface area contributed by atoms with Gasteiger partial charge in [0, 0.05) is 13.1 Å². The molecule has 176 valence electrons. The number of ether oxygens (including phenoxy) is 2. The normalized spacial score (nSPS) is 11.8. The van der Waals surface area contributed by atoms with Crippen LogP contribution in [-0.2, 0) is 29.1 Å². The molecular weight excluding hydrogens is 432 g/mol. The van der Waals surface area contributed by atoms with Crippen LogP contribution in [0.4, 0.5) is 0 Å². The minimum Gasteiger partial charge on any atom is -0.464 e. The minimum absolute atomic E-state index is 0.0536. The number of amides is 2. The summed E-state index contributed by atoms with van der Waals surface area (Å²) in [5.74, 6) is 2.48. The van der Waals surface area contributed by atoms with Crippen molar-refractivity contribution in [1.82, 2.24) is 9.80 Å². The highest BCUT2D eigenvalue weighted by molar-refractivity contribution is 5.86. The molecule has 0 unspecified atom stereocenters. The van der Waals surface area contributed by atoms with Crippen molar-refractivity contribution in [2.75, 3.05) is 19.9 Å². The standard InChI is InChI=1S/C27H28N2O5/c1-3-13-28(26(30)15-21-7-5-4-6-8-21)18-27(31)29(17-23-11-9-20(2)34-23)16-22-10-12-24-25(14-22)33-19-32-24/h3-12,14H,1,13,15-19H2,2H3. The number of hydrogen-bond acceptors (Lipinski definition) is 5. The van der Waals surface area contributed by atoms with E-state index in [1.807, 2.05) is 67.6 Å². The molecule has 1 aromatic heterocycles. The summed E-state index contributed by atoms with van der Waals surface area (Å²) < 4.78 is 16.6. The van der Waals surface area contributed by atoms with Gasteiger partial charge in [-0.15, -0.1) is 6.58 Å². The molecule has 3 aromatic rings. The van der Waals surface area contributed by atoms with Crippen molar-refractivity contribution in [3.63, 3.8) is 0 Å². The third kappa shape index (κ3) is 5.86. The maximum atomic E-state index is 13.4. The first-order valence-corrected chi connectivity index (χ1v) is 11.2. The van der Waals surface area contributed by atoms with Gasteiger partial charge in [-0.25, -0.2) is 0 Å². The molecule has 0 N–H and O–H groups in total. The number of aryl methyl sites for hydroxylation is 1. The second-order valence-electron chi connectivity index (χ2n) is 8.18. The van der Waals surface area contributed by atoms with Gasteiger partial charge >= 0.3 is 0 Å². The highest BCUT2D eigenvalue weighted by Gasteiger charge is 2.23. The van der Waals surface area contributed by atoms with E-state index in [4.69, 9.17) is 13.9 Å². The van der Waals surface area contributed by atoms with Crippen LogP contribution in [0.1, 0.15) is 22.6 Å². The lowest BCUT2D eigenvalue weighted by Gasteiger charge is -2.27. The minimum atomic E-state index is -0.185. The van der Waals surface area contributed by atoms with Crippen LogP contribution in [0.2, 0.25) is 0 Å². The Hall–Kier alpha value is -4.00. The number of carbonyl (C=O) groups excluding carboxylic acids is 2. The van der Waals surface area contributed by atoms with Gasteiger partial charge in [0.05, 0.1) is 13.0 Å². The molecule has 0 fully saturated rings. The molecule has 1 aliphatic rings. The van der Waals surface area contributed by atoms with E-state index in [-0.39, 0.29) is 44.7 Å². The van der Waals surface area contributed by atoms with Crippen molar-refractivity contribution < 1.29 is 23.5 Å². The summed E-state index contributed by atoms with van der Waals surface area (Å²) in [7, 11) is 0. The molecule has 0 aliphatic carbocycles. The quantitative estimate of drug-likeness (QED) is 0.426. The highest BCUT2D eigenvalue weighted by Crippen LogP contribution is 2.33. The van der Waals surface area contributed by atoms with Crippen LogP contribution in [0.3, 0.4) is 0 Å². The zero-order valence-electron chi connectivity index (χ0n) is 19.2. The first-order valence-electron chi connectivity index (χ1n) is 11.2. The summed E-state index contributed by atoms with van der Waals surface area (Å²) >= 11 is 0. The number of carbonyl (C=O) groups is 2. The van der Waals surface area contributed by atoms with Gasteiger partial charge in [0.25, 0.3) is 0 Å². The number of fused-ring (bicyclic) bond motifs is 1. The summed E-state index contributed by atoms with van der Waals surface area (Å²) in [6.07, 6.45) is 1.86. The van der Waals surface area contributed by atoms with E-state index in [2.05, 4.69) is 6.58 Å².